The lowest BCUT2D eigenvalue weighted by Gasteiger charge is -2.21. The normalized spacial score (nSPS) is 23.0. The number of alkyl halides is 3. The fourth-order valence-electron chi connectivity index (χ4n) is 4.82. The second-order valence-corrected chi connectivity index (χ2v) is 9.77. The predicted octanol–water partition coefficient (Wildman–Crippen LogP) is 4.55. The van der Waals surface area contributed by atoms with E-state index in [-0.39, 0.29) is 5.41 Å². The van der Waals surface area contributed by atoms with Crippen molar-refractivity contribution in [3.05, 3.63) is 47.5 Å². The predicted molar refractivity (Wildman–Crippen MR) is 114 cm³/mol. The maximum Gasteiger partial charge on any atom is 0.416 e. The largest absolute Gasteiger partial charge is 0.440 e. The van der Waals surface area contributed by atoms with Crippen LogP contribution in [-0.2, 0) is 18.6 Å². The maximum absolute atomic E-state index is 13.1. The second kappa shape index (κ2) is 7.91. The number of hydrogen-bond acceptors (Lipinski definition) is 6. The minimum absolute atomic E-state index is 0.0954. The first-order valence-electron chi connectivity index (χ1n) is 10.6. The van der Waals surface area contributed by atoms with Crippen LogP contribution in [0.2, 0.25) is 0 Å². The summed E-state index contributed by atoms with van der Waals surface area (Å²) in [6.45, 7) is 4.59. The number of piperidine rings is 1. The molecule has 10 heteroatoms. The lowest BCUT2D eigenvalue weighted by atomic mass is 9.93. The number of nitrogens with zero attached hydrogens (tertiary/aromatic N) is 5. The van der Waals surface area contributed by atoms with Crippen LogP contribution >= 0.6 is 11.8 Å². The van der Waals surface area contributed by atoms with Gasteiger partial charge in [0.25, 0.3) is 0 Å². The highest BCUT2D eigenvalue weighted by molar-refractivity contribution is 7.99. The summed E-state index contributed by atoms with van der Waals surface area (Å²) in [6, 6.07) is 5.90. The summed E-state index contributed by atoms with van der Waals surface area (Å²) in [5.41, 5.74) is 0.971. The third-order valence-corrected chi connectivity index (χ3v) is 7.72. The van der Waals surface area contributed by atoms with Crippen molar-refractivity contribution in [1.29, 1.82) is 0 Å². The maximum atomic E-state index is 13.1. The molecule has 2 atom stereocenters. The van der Waals surface area contributed by atoms with Crippen LogP contribution in [-0.4, -0.2) is 50.0 Å². The zero-order valence-electron chi connectivity index (χ0n) is 17.9. The van der Waals surface area contributed by atoms with Crippen molar-refractivity contribution in [2.75, 3.05) is 25.4 Å². The minimum Gasteiger partial charge on any atom is -0.440 e. The molecule has 5 rings (SSSR count). The molecule has 32 heavy (non-hydrogen) atoms. The van der Waals surface area contributed by atoms with Crippen LogP contribution < -0.4 is 0 Å². The van der Waals surface area contributed by atoms with Gasteiger partial charge in [-0.25, -0.2) is 4.98 Å². The molecule has 0 amide bonds. The molecule has 170 valence electrons. The Morgan fingerprint density at radius 1 is 1.28 bits per heavy atom. The summed E-state index contributed by atoms with van der Waals surface area (Å²) in [4.78, 5) is 6.48. The van der Waals surface area contributed by atoms with Crippen molar-refractivity contribution in [2.45, 2.75) is 36.5 Å². The van der Waals surface area contributed by atoms with Gasteiger partial charge in [0, 0.05) is 31.3 Å². The van der Waals surface area contributed by atoms with E-state index < -0.39 is 11.7 Å². The number of likely N-dealkylation sites (tertiary alicyclic amines) is 1. The SMILES string of the molecule is Cc1ncoc1-c1nnc(SCCCN2C[C@H]3C[C@@]3(c3cccc(C(F)(F)F)c3)C2)n1C. The van der Waals surface area contributed by atoms with E-state index in [1.165, 1.54) is 18.5 Å². The van der Waals surface area contributed by atoms with E-state index >= 15 is 0 Å². The van der Waals surface area contributed by atoms with Crippen molar-refractivity contribution in [1.82, 2.24) is 24.6 Å². The topological polar surface area (TPSA) is 60.0 Å². The van der Waals surface area contributed by atoms with Crippen LogP contribution in [0.4, 0.5) is 13.2 Å². The van der Waals surface area contributed by atoms with E-state index in [9.17, 15) is 13.2 Å². The smallest absolute Gasteiger partial charge is 0.416 e. The number of aryl methyl sites for hydroxylation is 1. The fourth-order valence-corrected chi connectivity index (χ4v) is 5.65. The first-order valence-corrected chi connectivity index (χ1v) is 11.6. The molecule has 1 aliphatic carbocycles. The molecule has 3 heterocycles. The third kappa shape index (κ3) is 3.83. The fraction of sp³-hybridized carbons (Fsp3) is 0.500. The van der Waals surface area contributed by atoms with Gasteiger partial charge < -0.3 is 13.9 Å². The molecule has 2 fully saturated rings. The first kappa shape index (κ1) is 21.5. The zero-order valence-corrected chi connectivity index (χ0v) is 18.7. The Bertz CT molecular complexity index is 1130. The Kier molecular flexibility index (Phi) is 5.32. The Labute approximate surface area is 188 Å². The van der Waals surface area contributed by atoms with Gasteiger partial charge in [-0.1, -0.05) is 30.0 Å². The van der Waals surface area contributed by atoms with E-state index in [0.29, 0.717) is 17.5 Å². The van der Waals surface area contributed by atoms with Crippen molar-refractivity contribution in [3.63, 3.8) is 0 Å². The van der Waals surface area contributed by atoms with E-state index in [2.05, 4.69) is 20.1 Å². The standard InChI is InChI=1S/C22H24F3N5OS/c1-14-18(31-13-26-14)19-27-28-20(29(19)2)32-8-4-7-30-11-17-10-21(17,12-30)15-5-3-6-16(9-15)22(23,24)25/h3,5-6,9,13,17H,4,7-8,10-12H2,1-2H3/t17-,21+/m1/s1. The van der Waals surface area contributed by atoms with Crippen LogP contribution in [0.25, 0.3) is 11.6 Å². The number of fused-ring (bicyclic) bond motifs is 1. The Balaban J connectivity index is 1.14. The van der Waals surface area contributed by atoms with Gasteiger partial charge in [0.15, 0.2) is 17.3 Å². The highest BCUT2D eigenvalue weighted by Crippen LogP contribution is 2.59. The molecule has 0 bridgehead atoms. The average Bonchev–Trinajstić information content (AvgIpc) is 3.05. The molecule has 6 nitrogen and oxygen atoms in total. The van der Waals surface area contributed by atoms with Gasteiger partial charge in [-0.3, -0.25) is 0 Å². The lowest BCUT2D eigenvalue weighted by Crippen LogP contribution is -2.28. The Hall–Kier alpha value is -2.33. The Morgan fingerprint density at radius 2 is 2.12 bits per heavy atom. The van der Waals surface area contributed by atoms with Crippen molar-refractivity contribution in [3.8, 4) is 11.6 Å². The highest BCUT2D eigenvalue weighted by Gasteiger charge is 2.60. The van der Waals surface area contributed by atoms with Gasteiger partial charge in [-0.05, 0) is 43.9 Å². The number of thioether (sulfide) groups is 1. The number of rotatable bonds is 7. The Morgan fingerprint density at radius 3 is 2.88 bits per heavy atom. The number of aromatic nitrogens is 4. The van der Waals surface area contributed by atoms with Crippen molar-refractivity contribution >= 4 is 11.8 Å². The van der Waals surface area contributed by atoms with Gasteiger partial charge in [0.1, 0.15) is 0 Å². The van der Waals surface area contributed by atoms with Crippen LogP contribution in [0.5, 0.6) is 0 Å². The van der Waals surface area contributed by atoms with Crippen LogP contribution in [0.1, 0.15) is 29.7 Å². The quantitative estimate of drug-likeness (QED) is 0.378. The highest BCUT2D eigenvalue weighted by atomic mass is 32.2. The number of halogens is 3. The summed E-state index contributed by atoms with van der Waals surface area (Å²) >= 11 is 1.64. The molecule has 0 unspecified atom stereocenters. The third-order valence-electron chi connectivity index (χ3n) is 6.61. The lowest BCUT2D eigenvalue weighted by molar-refractivity contribution is -0.137. The second-order valence-electron chi connectivity index (χ2n) is 8.70. The van der Waals surface area contributed by atoms with Crippen LogP contribution in [0, 0.1) is 12.8 Å². The summed E-state index contributed by atoms with van der Waals surface area (Å²) in [7, 11) is 1.91. The van der Waals surface area contributed by atoms with Crippen LogP contribution in [0.15, 0.2) is 40.2 Å². The molecule has 1 aliphatic heterocycles. The van der Waals surface area contributed by atoms with E-state index in [1.54, 1.807) is 11.8 Å². The van der Waals surface area contributed by atoms with Crippen molar-refractivity contribution < 1.29 is 17.6 Å². The molecule has 3 aromatic rings. The van der Waals surface area contributed by atoms with Gasteiger partial charge >= 0.3 is 6.18 Å². The van der Waals surface area contributed by atoms with Gasteiger partial charge in [-0.2, -0.15) is 13.2 Å². The van der Waals surface area contributed by atoms with E-state index in [0.717, 1.165) is 60.7 Å². The molecular formula is C22H24F3N5OS. The molecule has 1 aromatic carbocycles. The molecule has 1 saturated carbocycles. The zero-order chi connectivity index (χ0) is 22.5. The van der Waals surface area contributed by atoms with E-state index in [4.69, 9.17) is 4.42 Å². The summed E-state index contributed by atoms with van der Waals surface area (Å²) in [5, 5.41) is 9.31. The van der Waals surface area contributed by atoms with E-state index in [1.807, 2.05) is 24.6 Å². The van der Waals surface area contributed by atoms with Gasteiger partial charge in [-0.15, -0.1) is 10.2 Å². The number of oxazole rings is 1. The van der Waals surface area contributed by atoms with Crippen LogP contribution in [0.3, 0.4) is 0 Å². The van der Waals surface area contributed by atoms with Crippen molar-refractivity contribution in [2.24, 2.45) is 13.0 Å². The molecule has 0 spiro atoms. The molecular weight excluding hydrogens is 439 g/mol. The minimum atomic E-state index is -4.29. The summed E-state index contributed by atoms with van der Waals surface area (Å²) in [6.07, 6.45) is -0.931. The molecule has 1 saturated heterocycles. The summed E-state index contributed by atoms with van der Waals surface area (Å²) in [5.74, 6) is 2.64. The first-order chi connectivity index (χ1) is 15.3. The molecule has 2 aliphatic rings. The molecule has 2 aromatic heterocycles. The monoisotopic (exact) mass is 463 g/mol. The average molecular weight is 464 g/mol. The number of hydrogen-bond donors (Lipinski definition) is 0. The molecule has 0 radical (unpaired) electrons. The molecule has 0 N–H and O–H groups in total. The van der Waals surface area contributed by atoms with Gasteiger partial charge in [0.05, 0.1) is 11.3 Å². The number of benzene rings is 1. The summed E-state index contributed by atoms with van der Waals surface area (Å²) < 4.78 is 46.7. The van der Waals surface area contributed by atoms with Gasteiger partial charge in [0.2, 0.25) is 5.82 Å².